The first kappa shape index (κ1) is 31.9. The average Bonchev–Trinajstić information content (AvgIpc) is 3.10. The third-order valence-electron chi connectivity index (χ3n) is 5.91. The first-order chi connectivity index (χ1) is 17.5. The van der Waals surface area contributed by atoms with Crippen molar-refractivity contribution in [1.82, 2.24) is 10.2 Å². The molecule has 37 heavy (non-hydrogen) atoms. The lowest BCUT2D eigenvalue weighted by Crippen LogP contribution is -2.55. The van der Waals surface area contributed by atoms with Gasteiger partial charge in [0.2, 0.25) is 3.79 Å². The molecule has 0 aliphatic carbocycles. The molecule has 0 radical (unpaired) electrons. The topological polar surface area (TPSA) is 161 Å². The number of urea groups is 1. The van der Waals surface area contributed by atoms with Crippen LogP contribution in [0.25, 0.3) is 0 Å². The number of nitrogens with one attached hydrogen (secondary N) is 1. The second-order valence-corrected chi connectivity index (χ2v) is 11.6. The Morgan fingerprint density at radius 2 is 1.51 bits per heavy atom. The largest absolute Gasteiger partial charge is 0.463 e. The average molecular weight is 589 g/mol. The van der Waals surface area contributed by atoms with Crippen LogP contribution in [0, 0.1) is 0 Å². The minimum atomic E-state index is -1.59. The highest BCUT2D eigenvalue weighted by molar-refractivity contribution is 6.67. The molecule has 11 nitrogen and oxygen atoms in total. The van der Waals surface area contributed by atoms with Crippen molar-refractivity contribution in [1.29, 1.82) is 0 Å². The maximum Gasteiger partial charge on any atom is 0.325 e. The van der Waals surface area contributed by atoms with E-state index in [0.717, 1.165) is 49.8 Å². The Labute approximate surface area is 231 Å². The Morgan fingerprint density at radius 3 is 2.05 bits per heavy atom. The summed E-state index contributed by atoms with van der Waals surface area (Å²) in [6.07, 6.45) is 5.22. The number of carbonyl (C=O) groups is 3. The molecule has 0 bridgehead atoms. The first-order valence-electron chi connectivity index (χ1n) is 12.4. The van der Waals surface area contributed by atoms with Crippen LogP contribution >= 0.6 is 34.8 Å². The lowest BCUT2D eigenvalue weighted by atomic mass is 10.1. The van der Waals surface area contributed by atoms with Gasteiger partial charge in [0.15, 0.2) is 6.23 Å². The summed E-state index contributed by atoms with van der Waals surface area (Å²) in [5.41, 5.74) is 5.60. The summed E-state index contributed by atoms with van der Waals surface area (Å²) in [7, 11) is 0. The highest BCUT2D eigenvalue weighted by Gasteiger charge is 2.47. The van der Waals surface area contributed by atoms with Crippen molar-refractivity contribution in [2.75, 3.05) is 13.2 Å². The van der Waals surface area contributed by atoms with Gasteiger partial charge in [-0.05, 0) is 18.9 Å². The fourth-order valence-corrected chi connectivity index (χ4v) is 4.06. The number of carbonyl (C=O) groups excluding carboxylic acids is 3. The number of aliphatic hydroxyl groups excluding tert-OH is 2. The normalized spacial score (nSPS) is 25.7. The van der Waals surface area contributed by atoms with E-state index in [1.807, 2.05) is 0 Å². The van der Waals surface area contributed by atoms with Gasteiger partial charge in [0.1, 0.15) is 31.5 Å². The van der Waals surface area contributed by atoms with Crippen molar-refractivity contribution in [3.63, 3.8) is 0 Å². The molecule has 2 aliphatic heterocycles. The van der Waals surface area contributed by atoms with E-state index < -0.39 is 46.5 Å². The molecule has 14 heteroatoms. The molecule has 0 spiro atoms. The maximum atomic E-state index is 12.0. The molecule has 2 aliphatic rings. The molecule has 0 saturated carbocycles. The van der Waals surface area contributed by atoms with Gasteiger partial charge in [-0.25, -0.2) is 4.79 Å². The molecule has 0 aromatic rings. The number of unbranched alkanes of at least 4 members (excludes halogenated alkanes) is 7. The Hall–Kier alpha value is -1.34. The summed E-state index contributed by atoms with van der Waals surface area (Å²) in [5, 5.41) is 22.9. The van der Waals surface area contributed by atoms with Crippen molar-refractivity contribution >= 4 is 52.8 Å². The van der Waals surface area contributed by atoms with Gasteiger partial charge in [0.05, 0.1) is 6.17 Å². The number of alkyl halides is 3. The van der Waals surface area contributed by atoms with E-state index in [1.54, 1.807) is 0 Å². The van der Waals surface area contributed by atoms with Gasteiger partial charge >= 0.3 is 18.0 Å². The predicted octanol–water partition coefficient (Wildman–Crippen LogP) is 2.61. The smallest absolute Gasteiger partial charge is 0.325 e. The minimum absolute atomic E-state index is 0.232. The third-order valence-corrected chi connectivity index (χ3v) is 6.23. The second-order valence-electron chi connectivity index (χ2n) is 9.06. The summed E-state index contributed by atoms with van der Waals surface area (Å²) in [6, 6.07) is -0.567. The standard InChI is InChI=1S/C23H36Cl3N3O8/c24-23(25,26)14-36-18(31)10-8-6-4-2-1-3-5-7-9-17(30)35-13-15-19(32)20(33)21(37-15)29-12-11-16(27)28-22(29)34/h11-12,15-16,19-21,32-33H,1-10,13-14,27H2,(H,28,34). The lowest BCUT2D eigenvalue weighted by molar-refractivity contribution is -0.150. The van der Waals surface area contributed by atoms with Gasteiger partial charge < -0.3 is 35.5 Å². The monoisotopic (exact) mass is 587 g/mol. The SMILES string of the molecule is NC1C=CN(C2OC(COC(=O)CCCCCCCCCCC(=O)OCC(Cl)(Cl)Cl)C(O)C2O)C(=O)N1. The molecule has 2 heterocycles. The number of amides is 2. The number of hydrogen-bond acceptors (Lipinski definition) is 9. The van der Waals surface area contributed by atoms with Gasteiger partial charge in [-0.2, -0.15) is 0 Å². The first-order valence-corrected chi connectivity index (χ1v) is 13.5. The Morgan fingerprint density at radius 1 is 0.973 bits per heavy atom. The quantitative estimate of drug-likeness (QED) is 0.128. The molecule has 1 saturated heterocycles. The molecule has 0 aromatic carbocycles. The molecule has 212 valence electrons. The molecule has 5 unspecified atom stereocenters. The number of hydrogen-bond donors (Lipinski definition) is 4. The molecule has 5 N–H and O–H groups in total. The number of rotatable bonds is 15. The van der Waals surface area contributed by atoms with Gasteiger partial charge in [0, 0.05) is 19.0 Å². The second kappa shape index (κ2) is 15.9. The molecule has 0 aromatic heterocycles. The predicted molar refractivity (Wildman–Crippen MR) is 137 cm³/mol. The zero-order chi connectivity index (χ0) is 27.4. The van der Waals surface area contributed by atoms with E-state index in [9.17, 15) is 24.6 Å². The number of esters is 2. The maximum absolute atomic E-state index is 12.0. The summed E-state index contributed by atoms with van der Waals surface area (Å²) in [4.78, 5) is 36.7. The van der Waals surface area contributed by atoms with Gasteiger partial charge in [0.25, 0.3) is 0 Å². The fraction of sp³-hybridized carbons (Fsp3) is 0.783. The summed E-state index contributed by atoms with van der Waals surface area (Å²) in [5.74, 6) is -0.795. The lowest BCUT2D eigenvalue weighted by Gasteiger charge is -2.31. The number of nitrogens with two attached hydrogens (primary N) is 1. The van der Waals surface area contributed by atoms with E-state index in [-0.39, 0.29) is 25.6 Å². The molecular weight excluding hydrogens is 553 g/mol. The third kappa shape index (κ3) is 11.9. The van der Waals surface area contributed by atoms with Crippen LogP contribution in [0.15, 0.2) is 12.3 Å². The van der Waals surface area contributed by atoms with Crippen LogP contribution in [0.1, 0.15) is 64.2 Å². The Balaban J connectivity index is 1.48. The van der Waals surface area contributed by atoms with E-state index in [0.29, 0.717) is 12.8 Å². The van der Waals surface area contributed by atoms with E-state index >= 15 is 0 Å². The minimum Gasteiger partial charge on any atom is -0.463 e. The zero-order valence-electron chi connectivity index (χ0n) is 20.5. The number of halogens is 3. The molecule has 1 fully saturated rings. The van der Waals surface area contributed by atoms with Crippen LogP contribution < -0.4 is 11.1 Å². The molecule has 2 amide bonds. The number of ether oxygens (including phenoxy) is 3. The summed E-state index contributed by atoms with van der Waals surface area (Å²) >= 11 is 16.6. The van der Waals surface area contributed by atoms with Gasteiger partial charge in [-0.15, -0.1) is 0 Å². The van der Waals surface area contributed by atoms with Crippen molar-refractivity contribution in [2.24, 2.45) is 5.73 Å². The van der Waals surface area contributed by atoms with Crippen molar-refractivity contribution < 1.29 is 38.8 Å². The summed E-state index contributed by atoms with van der Waals surface area (Å²) < 4.78 is 14.0. The van der Waals surface area contributed by atoms with Crippen LogP contribution in [-0.2, 0) is 23.8 Å². The van der Waals surface area contributed by atoms with Crippen LogP contribution in [0.4, 0.5) is 4.79 Å². The molecular formula is C23H36Cl3N3O8. The van der Waals surface area contributed by atoms with Crippen molar-refractivity contribution in [3.8, 4) is 0 Å². The zero-order valence-corrected chi connectivity index (χ0v) is 22.8. The summed E-state index contributed by atoms with van der Waals surface area (Å²) in [6.45, 7) is -0.485. The van der Waals surface area contributed by atoms with E-state index in [1.165, 1.54) is 12.3 Å². The van der Waals surface area contributed by atoms with Crippen LogP contribution in [0.2, 0.25) is 0 Å². The highest BCUT2D eigenvalue weighted by atomic mass is 35.6. The number of nitrogens with zero attached hydrogens (tertiary/aromatic N) is 1. The Kier molecular flexibility index (Phi) is 13.7. The number of aliphatic hydroxyl groups is 2. The van der Waals surface area contributed by atoms with Gasteiger partial charge in [-0.3, -0.25) is 14.5 Å². The molecule has 2 rings (SSSR count). The Bertz CT molecular complexity index is 783. The van der Waals surface area contributed by atoms with Crippen molar-refractivity contribution in [2.45, 2.75) is 98.7 Å². The van der Waals surface area contributed by atoms with Crippen molar-refractivity contribution in [3.05, 3.63) is 12.3 Å². The van der Waals surface area contributed by atoms with E-state index in [4.69, 9.17) is 54.7 Å². The fourth-order valence-electron chi connectivity index (χ4n) is 3.90. The van der Waals surface area contributed by atoms with Crippen LogP contribution in [-0.4, -0.2) is 80.8 Å². The van der Waals surface area contributed by atoms with E-state index in [2.05, 4.69) is 5.32 Å². The van der Waals surface area contributed by atoms with Gasteiger partial charge in [-0.1, -0.05) is 73.3 Å². The molecule has 5 atom stereocenters. The highest BCUT2D eigenvalue weighted by Crippen LogP contribution is 2.27. The van der Waals surface area contributed by atoms with Crippen LogP contribution in [0.3, 0.4) is 0 Å². The van der Waals surface area contributed by atoms with Crippen LogP contribution in [0.5, 0.6) is 0 Å².